The van der Waals surface area contributed by atoms with Crippen LogP contribution in [0.25, 0.3) is 22.3 Å². The highest BCUT2D eigenvalue weighted by molar-refractivity contribution is 6.01. The highest BCUT2D eigenvalue weighted by atomic mass is 16.5. The van der Waals surface area contributed by atoms with Gasteiger partial charge in [-0.15, -0.1) is 0 Å². The van der Waals surface area contributed by atoms with Crippen molar-refractivity contribution in [1.82, 2.24) is 15.0 Å². The number of hydrogen-bond acceptors (Lipinski definition) is 6. The van der Waals surface area contributed by atoms with Crippen molar-refractivity contribution in [2.45, 2.75) is 6.61 Å². The number of carbonyl (C=O) groups is 1. The Bertz CT molecular complexity index is 1180. The van der Waals surface area contributed by atoms with Gasteiger partial charge in [-0.1, -0.05) is 18.2 Å². The minimum atomic E-state index is -0.515. The number of hydrogen-bond donors (Lipinski definition) is 2. The molecule has 0 saturated carbocycles. The molecular formula is C22H19N5O2. The molecule has 7 heteroatoms. The predicted molar refractivity (Wildman–Crippen MR) is 112 cm³/mol. The van der Waals surface area contributed by atoms with Gasteiger partial charge in [0.05, 0.1) is 23.4 Å². The summed E-state index contributed by atoms with van der Waals surface area (Å²) in [5.74, 6) is 0.587. The third-order valence-corrected chi connectivity index (χ3v) is 4.44. The summed E-state index contributed by atoms with van der Waals surface area (Å²) in [7, 11) is 1.65. The number of primary amides is 1. The molecule has 1 amide bonds. The molecule has 0 aliphatic heterocycles. The second kappa shape index (κ2) is 8.04. The van der Waals surface area contributed by atoms with E-state index in [4.69, 9.17) is 15.5 Å². The molecule has 0 fully saturated rings. The number of para-hydroxylation sites is 1. The lowest BCUT2D eigenvalue weighted by molar-refractivity contribution is 0.100. The van der Waals surface area contributed by atoms with Crippen LogP contribution in [0.2, 0.25) is 0 Å². The fourth-order valence-corrected chi connectivity index (χ4v) is 3.09. The van der Waals surface area contributed by atoms with E-state index in [1.165, 1.54) is 0 Å². The second-order valence-electron chi connectivity index (χ2n) is 6.46. The minimum absolute atomic E-state index is 0.384. The summed E-state index contributed by atoms with van der Waals surface area (Å²) in [6, 6.07) is 16.7. The molecule has 4 aromatic rings. The molecular weight excluding hydrogens is 366 g/mol. The van der Waals surface area contributed by atoms with Crippen LogP contribution in [0.15, 0.2) is 67.0 Å². The van der Waals surface area contributed by atoms with Crippen LogP contribution in [0.3, 0.4) is 0 Å². The highest BCUT2D eigenvalue weighted by Gasteiger charge is 2.14. The molecule has 29 heavy (non-hydrogen) atoms. The van der Waals surface area contributed by atoms with E-state index in [-0.39, 0.29) is 0 Å². The first-order chi connectivity index (χ1) is 14.2. The summed E-state index contributed by atoms with van der Waals surface area (Å²) in [4.78, 5) is 25.4. The van der Waals surface area contributed by atoms with Crippen molar-refractivity contribution in [3.05, 3.63) is 78.1 Å². The number of amides is 1. The number of nitrogens with zero attached hydrogens (tertiary/aromatic N) is 3. The number of carbonyl (C=O) groups excluding carboxylic acids is 1. The molecule has 2 aromatic heterocycles. The topological polar surface area (TPSA) is 103 Å². The average Bonchev–Trinajstić information content (AvgIpc) is 2.75. The molecule has 0 radical (unpaired) electrons. The maximum Gasteiger partial charge on any atom is 0.250 e. The summed E-state index contributed by atoms with van der Waals surface area (Å²) in [5.41, 5.74) is 9.04. The van der Waals surface area contributed by atoms with Crippen molar-refractivity contribution in [2.24, 2.45) is 5.73 Å². The first-order valence-electron chi connectivity index (χ1n) is 9.01. The molecule has 0 saturated heterocycles. The number of anilines is 2. The standard InChI is InChI=1S/C22H19N5O2/c1-29-13-14-8-9-19-17(11-14)22(26-18-7-3-2-6-16(18)20(23)28)27-21(25-19)15-5-4-10-24-12-15/h2-12H,13H2,1H3,(H2,23,28)(H,25,26,27). The van der Waals surface area contributed by atoms with Crippen LogP contribution in [0.4, 0.5) is 11.5 Å². The molecule has 144 valence electrons. The summed E-state index contributed by atoms with van der Waals surface area (Å²) in [6.45, 7) is 0.470. The van der Waals surface area contributed by atoms with Gasteiger partial charge < -0.3 is 15.8 Å². The number of ether oxygens (including phenoxy) is 1. The van der Waals surface area contributed by atoms with Crippen LogP contribution in [0, 0.1) is 0 Å². The average molecular weight is 385 g/mol. The Morgan fingerprint density at radius 1 is 1.10 bits per heavy atom. The number of nitrogens with one attached hydrogen (secondary N) is 1. The molecule has 3 N–H and O–H groups in total. The number of methoxy groups -OCH3 is 1. The zero-order valence-electron chi connectivity index (χ0n) is 15.8. The third kappa shape index (κ3) is 3.90. The van der Waals surface area contributed by atoms with Crippen molar-refractivity contribution in [3.63, 3.8) is 0 Å². The van der Waals surface area contributed by atoms with E-state index in [9.17, 15) is 4.79 Å². The van der Waals surface area contributed by atoms with E-state index in [0.717, 1.165) is 22.0 Å². The van der Waals surface area contributed by atoms with Crippen LogP contribution in [0.5, 0.6) is 0 Å². The summed E-state index contributed by atoms with van der Waals surface area (Å²) in [6.07, 6.45) is 3.41. The zero-order valence-corrected chi connectivity index (χ0v) is 15.8. The first kappa shape index (κ1) is 18.5. The fourth-order valence-electron chi connectivity index (χ4n) is 3.09. The van der Waals surface area contributed by atoms with Gasteiger partial charge in [-0.25, -0.2) is 9.97 Å². The monoisotopic (exact) mass is 385 g/mol. The smallest absolute Gasteiger partial charge is 0.250 e. The Hall–Kier alpha value is -3.84. The first-order valence-corrected chi connectivity index (χ1v) is 9.01. The predicted octanol–water partition coefficient (Wildman–Crippen LogP) is 3.68. The third-order valence-electron chi connectivity index (χ3n) is 4.44. The van der Waals surface area contributed by atoms with Crippen LogP contribution >= 0.6 is 0 Å². The van der Waals surface area contributed by atoms with Crippen molar-refractivity contribution in [2.75, 3.05) is 12.4 Å². The van der Waals surface area contributed by atoms with E-state index in [2.05, 4.69) is 15.3 Å². The molecule has 2 heterocycles. The zero-order chi connectivity index (χ0) is 20.2. The quantitative estimate of drug-likeness (QED) is 0.525. The largest absolute Gasteiger partial charge is 0.380 e. The van der Waals surface area contributed by atoms with Crippen molar-refractivity contribution < 1.29 is 9.53 Å². The fraction of sp³-hybridized carbons (Fsp3) is 0.0909. The van der Waals surface area contributed by atoms with E-state index in [0.29, 0.717) is 29.5 Å². The Balaban J connectivity index is 1.89. The minimum Gasteiger partial charge on any atom is -0.380 e. The van der Waals surface area contributed by atoms with Gasteiger partial charge in [0.1, 0.15) is 5.82 Å². The van der Waals surface area contributed by atoms with Gasteiger partial charge in [-0.05, 0) is 42.0 Å². The summed E-state index contributed by atoms with van der Waals surface area (Å²) >= 11 is 0. The van der Waals surface area contributed by atoms with Crippen LogP contribution in [0.1, 0.15) is 15.9 Å². The highest BCUT2D eigenvalue weighted by Crippen LogP contribution is 2.29. The molecule has 0 unspecified atom stereocenters. The van der Waals surface area contributed by atoms with Gasteiger partial charge in [0.2, 0.25) is 0 Å². The Morgan fingerprint density at radius 3 is 2.72 bits per heavy atom. The number of rotatable bonds is 6. The lowest BCUT2D eigenvalue weighted by Gasteiger charge is -2.14. The van der Waals surface area contributed by atoms with E-state index < -0.39 is 5.91 Å². The van der Waals surface area contributed by atoms with Crippen molar-refractivity contribution >= 4 is 28.3 Å². The lowest BCUT2D eigenvalue weighted by Crippen LogP contribution is -2.13. The lowest BCUT2D eigenvalue weighted by atomic mass is 10.1. The van der Waals surface area contributed by atoms with E-state index >= 15 is 0 Å². The normalized spacial score (nSPS) is 10.8. The Morgan fingerprint density at radius 2 is 1.97 bits per heavy atom. The molecule has 7 nitrogen and oxygen atoms in total. The van der Waals surface area contributed by atoms with Crippen molar-refractivity contribution in [3.8, 4) is 11.4 Å². The SMILES string of the molecule is COCc1ccc2nc(-c3cccnc3)nc(Nc3ccccc3C(N)=O)c2c1. The number of benzene rings is 2. The second-order valence-corrected chi connectivity index (χ2v) is 6.46. The van der Waals surface area contributed by atoms with Crippen molar-refractivity contribution in [1.29, 1.82) is 0 Å². The van der Waals surface area contributed by atoms with Gasteiger partial charge in [-0.3, -0.25) is 9.78 Å². The Kier molecular flexibility index (Phi) is 5.13. The van der Waals surface area contributed by atoms with Crippen LogP contribution < -0.4 is 11.1 Å². The maximum absolute atomic E-state index is 11.8. The van der Waals surface area contributed by atoms with E-state index in [1.54, 1.807) is 37.7 Å². The van der Waals surface area contributed by atoms with Crippen LogP contribution in [-0.4, -0.2) is 28.0 Å². The van der Waals surface area contributed by atoms with Crippen LogP contribution in [-0.2, 0) is 11.3 Å². The molecule has 0 spiro atoms. The number of fused-ring (bicyclic) bond motifs is 1. The van der Waals surface area contributed by atoms with E-state index in [1.807, 2.05) is 36.4 Å². The number of nitrogens with two attached hydrogens (primary N) is 1. The summed E-state index contributed by atoms with van der Waals surface area (Å²) < 4.78 is 5.25. The molecule has 4 rings (SSSR count). The van der Waals surface area contributed by atoms with Gasteiger partial charge in [0.25, 0.3) is 5.91 Å². The molecule has 0 aliphatic rings. The molecule has 0 atom stereocenters. The Labute approximate surface area is 167 Å². The number of pyridine rings is 1. The maximum atomic E-state index is 11.8. The summed E-state index contributed by atoms with van der Waals surface area (Å²) in [5, 5.41) is 4.07. The molecule has 0 aliphatic carbocycles. The molecule has 0 bridgehead atoms. The molecule has 2 aromatic carbocycles. The van der Waals surface area contributed by atoms with Gasteiger partial charge in [-0.2, -0.15) is 0 Å². The van der Waals surface area contributed by atoms with Gasteiger partial charge >= 0.3 is 0 Å². The number of aromatic nitrogens is 3. The van der Waals surface area contributed by atoms with Gasteiger partial charge in [0.15, 0.2) is 5.82 Å². The van der Waals surface area contributed by atoms with Gasteiger partial charge in [0, 0.05) is 30.5 Å².